The second kappa shape index (κ2) is 8.14. The Kier molecular flexibility index (Phi) is 6.74. The normalized spacial score (nSPS) is 10.2. The largest absolute Gasteiger partial charge is 0.385 e. The maximum Gasteiger partial charge on any atom is 0.251 e. The molecule has 1 aromatic carbocycles. The lowest BCUT2D eigenvalue weighted by Crippen LogP contribution is -2.24. The van der Waals surface area contributed by atoms with Crippen LogP contribution in [0.5, 0.6) is 0 Å². The molecule has 0 radical (unpaired) electrons. The van der Waals surface area contributed by atoms with Gasteiger partial charge in [0.15, 0.2) is 0 Å². The van der Waals surface area contributed by atoms with Gasteiger partial charge in [-0.1, -0.05) is 0 Å². The Morgan fingerprint density at radius 1 is 1.24 bits per heavy atom. The molecule has 0 saturated carbocycles. The predicted octanol–water partition coefficient (Wildman–Crippen LogP) is 2.52. The zero-order valence-corrected chi connectivity index (χ0v) is 11.0. The van der Waals surface area contributed by atoms with Gasteiger partial charge in [0.2, 0.25) is 0 Å². The van der Waals surface area contributed by atoms with Crippen molar-refractivity contribution in [2.24, 2.45) is 0 Å². The highest BCUT2D eigenvalue weighted by Gasteiger charge is 2.03. The summed E-state index contributed by atoms with van der Waals surface area (Å²) in [6, 6.07) is 7.19. The summed E-state index contributed by atoms with van der Waals surface area (Å²) in [6.07, 6.45) is 3.10. The molecule has 0 atom stereocenters. The minimum atomic E-state index is -0.0231. The van der Waals surface area contributed by atoms with E-state index in [1.165, 1.54) is 0 Å². The fourth-order valence-corrected chi connectivity index (χ4v) is 1.61. The molecule has 3 nitrogen and oxygen atoms in total. The second-order valence-corrected chi connectivity index (χ2v) is 4.37. The minimum Gasteiger partial charge on any atom is -0.385 e. The Morgan fingerprint density at radius 3 is 2.59 bits per heavy atom. The number of rotatable bonds is 7. The average Bonchev–Trinajstić information content (AvgIpc) is 2.34. The number of hydrogen-bond acceptors (Lipinski definition) is 3. The zero-order chi connectivity index (χ0) is 12.5. The van der Waals surface area contributed by atoms with E-state index in [0.717, 1.165) is 30.8 Å². The lowest BCUT2D eigenvalue weighted by atomic mass is 10.2. The molecule has 1 N–H and O–H groups in total. The Bertz CT molecular complexity index is 338. The number of thiol groups is 1. The van der Waals surface area contributed by atoms with Crippen molar-refractivity contribution in [3.05, 3.63) is 29.8 Å². The van der Waals surface area contributed by atoms with Gasteiger partial charge in [0, 0.05) is 30.7 Å². The number of amides is 1. The Hall–Kier alpha value is -1.00. The minimum absolute atomic E-state index is 0.0231. The zero-order valence-electron chi connectivity index (χ0n) is 10.1. The lowest BCUT2D eigenvalue weighted by molar-refractivity contribution is 0.0952. The number of nitrogens with one attached hydrogen (secondary N) is 1. The number of carbonyl (C=O) groups is 1. The molecular formula is C13H19NO2S. The number of hydrogen-bond donors (Lipinski definition) is 2. The molecule has 0 aromatic heterocycles. The summed E-state index contributed by atoms with van der Waals surface area (Å²) in [4.78, 5) is 12.5. The SMILES string of the molecule is COCCCCCNC(=O)c1ccc(S)cc1. The molecule has 1 rings (SSSR count). The van der Waals surface area contributed by atoms with Gasteiger partial charge in [0.1, 0.15) is 0 Å². The van der Waals surface area contributed by atoms with Crippen molar-refractivity contribution in [2.75, 3.05) is 20.3 Å². The molecule has 0 aliphatic rings. The highest BCUT2D eigenvalue weighted by molar-refractivity contribution is 7.80. The van der Waals surface area contributed by atoms with Gasteiger partial charge < -0.3 is 10.1 Å². The summed E-state index contributed by atoms with van der Waals surface area (Å²) in [5, 5.41) is 2.89. The van der Waals surface area contributed by atoms with Gasteiger partial charge in [-0.25, -0.2) is 0 Å². The first-order chi connectivity index (χ1) is 8.24. The van der Waals surface area contributed by atoms with Crippen LogP contribution in [0.3, 0.4) is 0 Å². The van der Waals surface area contributed by atoms with Gasteiger partial charge in [-0.2, -0.15) is 0 Å². The summed E-state index contributed by atoms with van der Waals surface area (Å²) in [6.45, 7) is 1.50. The summed E-state index contributed by atoms with van der Waals surface area (Å²) < 4.78 is 4.96. The van der Waals surface area contributed by atoms with Crippen molar-refractivity contribution in [3.8, 4) is 0 Å². The van der Waals surface area contributed by atoms with Crippen molar-refractivity contribution in [2.45, 2.75) is 24.2 Å². The predicted molar refractivity (Wildman–Crippen MR) is 71.8 cm³/mol. The average molecular weight is 253 g/mol. The summed E-state index contributed by atoms with van der Waals surface area (Å²) in [5.41, 5.74) is 0.680. The van der Waals surface area contributed by atoms with Gasteiger partial charge in [0.25, 0.3) is 5.91 Å². The van der Waals surface area contributed by atoms with Crippen molar-refractivity contribution >= 4 is 18.5 Å². The second-order valence-electron chi connectivity index (χ2n) is 3.86. The van der Waals surface area contributed by atoms with Crippen molar-refractivity contribution in [1.82, 2.24) is 5.32 Å². The van der Waals surface area contributed by atoms with E-state index in [4.69, 9.17) is 4.74 Å². The molecule has 94 valence electrons. The Morgan fingerprint density at radius 2 is 1.94 bits per heavy atom. The molecular weight excluding hydrogens is 234 g/mol. The highest BCUT2D eigenvalue weighted by atomic mass is 32.1. The quantitative estimate of drug-likeness (QED) is 0.579. The molecule has 1 amide bonds. The highest BCUT2D eigenvalue weighted by Crippen LogP contribution is 2.07. The summed E-state index contributed by atoms with van der Waals surface area (Å²) in [7, 11) is 1.70. The van der Waals surface area contributed by atoms with E-state index in [-0.39, 0.29) is 5.91 Å². The molecule has 0 unspecified atom stereocenters. The first-order valence-corrected chi connectivity index (χ1v) is 6.25. The third kappa shape index (κ3) is 5.75. The maximum absolute atomic E-state index is 11.7. The molecule has 0 fully saturated rings. The molecule has 0 saturated heterocycles. The summed E-state index contributed by atoms with van der Waals surface area (Å²) >= 11 is 4.17. The molecule has 0 bridgehead atoms. The van der Waals surface area contributed by atoms with Crippen molar-refractivity contribution in [3.63, 3.8) is 0 Å². The number of carbonyl (C=O) groups excluding carboxylic acids is 1. The first-order valence-electron chi connectivity index (χ1n) is 5.80. The number of unbranched alkanes of at least 4 members (excludes halogenated alkanes) is 2. The summed E-state index contributed by atoms with van der Waals surface area (Å²) in [5.74, 6) is -0.0231. The molecule has 0 heterocycles. The van der Waals surface area contributed by atoms with Crippen LogP contribution in [0.4, 0.5) is 0 Å². The molecule has 1 aromatic rings. The fraction of sp³-hybridized carbons (Fsp3) is 0.462. The van der Waals surface area contributed by atoms with E-state index in [1.807, 2.05) is 12.1 Å². The monoisotopic (exact) mass is 253 g/mol. The lowest BCUT2D eigenvalue weighted by Gasteiger charge is -2.05. The van der Waals surface area contributed by atoms with Crippen LogP contribution in [0.15, 0.2) is 29.2 Å². The molecule has 17 heavy (non-hydrogen) atoms. The molecule has 0 aliphatic carbocycles. The van der Waals surface area contributed by atoms with Crippen LogP contribution in [0.1, 0.15) is 29.6 Å². The number of ether oxygens (including phenoxy) is 1. The van der Waals surface area contributed by atoms with Gasteiger partial charge in [-0.3, -0.25) is 4.79 Å². The van der Waals surface area contributed by atoms with E-state index >= 15 is 0 Å². The fourth-order valence-electron chi connectivity index (χ4n) is 1.46. The van der Waals surface area contributed by atoms with E-state index in [2.05, 4.69) is 17.9 Å². The van der Waals surface area contributed by atoms with Crippen molar-refractivity contribution in [1.29, 1.82) is 0 Å². The van der Waals surface area contributed by atoms with Crippen LogP contribution in [0.25, 0.3) is 0 Å². The van der Waals surface area contributed by atoms with E-state index in [9.17, 15) is 4.79 Å². The van der Waals surface area contributed by atoms with Crippen LogP contribution in [0.2, 0.25) is 0 Å². The third-order valence-electron chi connectivity index (χ3n) is 2.44. The molecule has 4 heteroatoms. The Labute approximate surface area is 108 Å². The number of benzene rings is 1. The van der Waals surface area contributed by atoms with Crippen LogP contribution in [-0.4, -0.2) is 26.2 Å². The van der Waals surface area contributed by atoms with E-state index in [0.29, 0.717) is 12.1 Å². The van der Waals surface area contributed by atoms with Gasteiger partial charge in [0.05, 0.1) is 0 Å². The van der Waals surface area contributed by atoms with Crippen LogP contribution in [-0.2, 0) is 4.74 Å². The van der Waals surface area contributed by atoms with Crippen LogP contribution >= 0.6 is 12.6 Å². The molecule has 0 spiro atoms. The van der Waals surface area contributed by atoms with Gasteiger partial charge in [-0.15, -0.1) is 12.6 Å². The van der Waals surface area contributed by atoms with Crippen LogP contribution in [0, 0.1) is 0 Å². The van der Waals surface area contributed by atoms with Crippen molar-refractivity contribution < 1.29 is 9.53 Å². The maximum atomic E-state index is 11.7. The standard InChI is InChI=1S/C13H19NO2S/c1-16-10-4-2-3-9-14-13(15)11-5-7-12(17)8-6-11/h5-8,17H,2-4,9-10H2,1H3,(H,14,15). The Balaban J connectivity index is 2.19. The topological polar surface area (TPSA) is 38.3 Å². The molecule has 0 aliphatic heterocycles. The number of methoxy groups -OCH3 is 1. The van der Waals surface area contributed by atoms with Gasteiger partial charge >= 0.3 is 0 Å². The first kappa shape index (κ1) is 14.1. The smallest absolute Gasteiger partial charge is 0.251 e. The van der Waals surface area contributed by atoms with E-state index in [1.54, 1.807) is 19.2 Å². The van der Waals surface area contributed by atoms with E-state index < -0.39 is 0 Å². The third-order valence-corrected chi connectivity index (χ3v) is 2.74. The van der Waals surface area contributed by atoms with Crippen LogP contribution < -0.4 is 5.32 Å². The van der Waals surface area contributed by atoms with Gasteiger partial charge in [-0.05, 0) is 43.5 Å².